The van der Waals surface area contributed by atoms with Gasteiger partial charge in [0.25, 0.3) is 0 Å². The summed E-state index contributed by atoms with van der Waals surface area (Å²) in [5.41, 5.74) is 1.32. The Kier molecular flexibility index (Phi) is 5.63. The van der Waals surface area contributed by atoms with Crippen molar-refractivity contribution in [2.75, 3.05) is 18.5 Å². The van der Waals surface area contributed by atoms with Crippen LogP contribution < -0.4 is 15.4 Å². The Morgan fingerprint density at radius 1 is 1.39 bits per heavy atom. The van der Waals surface area contributed by atoms with E-state index in [1.807, 2.05) is 42.8 Å². The van der Waals surface area contributed by atoms with Crippen LogP contribution in [0.25, 0.3) is 0 Å². The lowest BCUT2D eigenvalue weighted by atomic mass is 9.99. The van der Waals surface area contributed by atoms with Gasteiger partial charge in [-0.3, -0.25) is 0 Å². The molecule has 5 nitrogen and oxygen atoms in total. The summed E-state index contributed by atoms with van der Waals surface area (Å²) in [6.07, 6.45) is 0. The molecule has 124 valence electrons. The number of amides is 2. The summed E-state index contributed by atoms with van der Waals surface area (Å²) in [5.74, 6) is 0.774. The van der Waals surface area contributed by atoms with E-state index in [0.717, 1.165) is 16.9 Å². The fraction of sp³-hybridized carbons (Fsp3) is 0.353. The van der Waals surface area contributed by atoms with Gasteiger partial charge in [0.15, 0.2) is 0 Å². The molecule has 0 radical (unpaired) electrons. The number of benzene rings is 1. The smallest absolute Gasteiger partial charge is 0.319 e. The summed E-state index contributed by atoms with van der Waals surface area (Å²) in [4.78, 5) is 12.0. The van der Waals surface area contributed by atoms with Gasteiger partial charge in [-0.1, -0.05) is 0 Å². The van der Waals surface area contributed by atoms with Gasteiger partial charge in [0.1, 0.15) is 11.4 Å². The van der Waals surface area contributed by atoms with Gasteiger partial charge in [0, 0.05) is 5.69 Å². The number of carbonyl (C=O) groups excluding carboxylic acids is 1. The molecule has 2 rings (SSSR count). The highest BCUT2D eigenvalue weighted by molar-refractivity contribution is 7.08. The van der Waals surface area contributed by atoms with E-state index in [2.05, 4.69) is 10.6 Å². The zero-order chi connectivity index (χ0) is 16.9. The normalized spacial score (nSPS) is 13.2. The summed E-state index contributed by atoms with van der Waals surface area (Å²) in [7, 11) is 0. The van der Waals surface area contributed by atoms with Gasteiger partial charge >= 0.3 is 6.03 Å². The maximum atomic E-state index is 12.0. The molecule has 2 aromatic rings. The highest BCUT2D eigenvalue weighted by Gasteiger charge is 2.24. The SMILES string of the molecule is CCOc1ccc(NC(=O)NC[C@@](C)(O)c2ccsc2)c(C)c1. The molecule has 1 aromatic carbocycles. The van der Waals surface area contributed by atoms with E-state index in [1.54, 1.807) is 13.0 Å². The number of anilines is 1. The van der Waals surface area contributed by atoms with E-state index in [9.17, 15) is 9.90 Å². The fourth-order valence-electron chi connectivity index (χ4n) is 2.12. The Hall–Kier alpha value is -2.05. The first-order valence-electron chi connectivity index (χ1n) is 7.45. The van der Waals surface area contributed by atoms with Gasteiger partial charge in [-0.25, -0.2) is 4.79 Å². The Morgan fingerprint density at radius 3 is 2.78 bits per heavy atom. The Bertz CT molecular complexity index is 654. The average molecular weight is 334 g/mol. The molecule has 1 aromatic heterocycles. The quantitative estimate of drug-likeness (QED) is 0.757. The standard InChI is InChI=1S/C17H22N2O3S/c1-4-22-14-5-6-15(12(2)9-14)19-16(20)18-11-17(3,21)13-7-8-23-10-13/h5-10,21H,4,11H2,1-3H3,(H2,18,19,20)/t17-/m1/s1. The van der Waals surface area contributed by atoms with Crippen molar-refractivity contribution in [2.24, 2.45) is 0 Å². The minimum absolute atomic E-state index is 0.131. The molecule has 0 spiro atoms. The summed E-state index contributed by atoms with van der Waals surface area (Å²) in [6, 6.07) is 6.99. The molecule has 0 fully saturated rings. The first-order chi connectivity index (χ1) is 10.9. The van der Waals surface area contributed by atoms with Crippen LogP contribution in [0.4, 0.5) is 10.5 Å². The maximum Gasteiger partial charge on any atom is 0.319 e. The lowest BCUT2D eigenvalue weighted by molar-refractivity contribution is 0.0604. The van der Waals surface area contributed by atoms with Crippen molar-refractivity contribution in [2.45, 2.75) is 26.4 Å². The van der Waals surface area contributed by atoms with Crippen molar-refractivity contribution in [3.63, 3.8) is 0 Å². The first-order valence-corrected chi connectivity index (χ1v) is 8.40. The molecular weight excluding hydrogens is 312 g/mol. The van der Waals surface area contributed by atoms with Gasteiger partial charge in [-0.05, 0) is 66.9 Å². The third-order valence-electron chi connectivity index (χ3n) is 3.49. The van der Waals surface area contributed by atoms with Crippen molar-refractivity contribution in [1.29, 1.82) is 0 Å². The van der Waals surface area contributed by atoms with Crippen LogP contribution in [-0.2, 0) is 5.60 Å². The number of urea groups is 1. The number of carbonyl (C=O) groups is 1. The van der Waals surface area contributed by atoms with Crippen molar-refractivity contribution < 1.29 is 14.6 Å². The van der Waals surface area contributed by atoms with Crippen LogP contribution in [0, 0.1) is 6.92 Å². The predicted octanol–water partition coefficient (Wildman–Crippen LogP) is 3.48. The summed E-state index contributed by atoms with van der Waals surface area (Å²) >= 11 is 1.51. The molecule has 0 unspecified atom stereocenters. The van der Waals surface area contributed by atoms with Crippen LogP contribution in [0.2, 0.25) is 0 Å². The van der Waals surface area contributed by atoms with E-state index in [4.69, 9.17) is 4.74 Å². The van der Waals surface area contributed by atoms with E-state index in [-0.39, 0.29) is 12.6 Å². The highest BCUT2D eigenvalue weighted by atomic mass is 32.1. The monoisotopic (exact) mass is 334 g/mol. The second-order valence-corrected chi connectivity index (χ2v) is 6.28. The Labute approximate surface area is 140 Å². The second kappa shape index (κ2) is 7.48. The Morgan fingerprint density at radius 2 is 2.17 bits per heavy atom. The van der Waals surface area contributed by atoms with Crippen LogP contribution in [0.1, 0.15) is 25.0 Å². The lowest BCUT2D eigenvalue weighted by Gasteiger charge is -2.23. The number of hydrogen-bond acceptors (Lipinski definition) is 4. The summed E-state index contributed by atoms with van der Waals surface area (Å²) in [5, 5.41) is 19.6. The number of hydrogen-bond donors (Lipinski definition) is 3. The first kappa shape index (κ1) is 17.3. The third-order valence-corrected chi connectivity index (χ3v) is 4.18. The van der Waals surface area contributed by atoms with Crippen molar-refractivity contribution in [3.05, 3.63) is 46.2 Å². The summed E-state index contributed by atoms with van der Waals surface area (Å²) < 4.78 is 5.42. The number of rotatable bonds is 6. The zero-order valence-corrected chi connectivity index (χ0v) is 14.4. The lowest BCUT2D eigenvalue weighted by Crippen LogP contribution is -2.40. The average Bonchev–Trinajstić information content (AvgIpc) is 3.04. The largest absolute Gasteiger partial charge is 0.494 e. The molecule has 1 atom stereocenters. The molecule has 3 N–H and O–H groups in total. The molecule has 0 aliphatic carbocycles. The topological polar surface area (TPSA) is 70.6 Å². The second-order valence-electron chi connectivity index (χ2n) is 5.50. The number of nitrogens with one attached hydrogen (secondary N) is 2. The zero-order valence-electron chi connectivity index (χ0n) is 13.6. The van der Waals surface area contributed by atoms with Crippen LogP contribution >= 0.6 is 11.3 Å². The molecular formula is C17H22N2O3S. The maximum absolute atomic E-state index is 12.0. The van der Waals surface area contributed by atoms with E-state index in [0.29, 0.717) is 12.3 Å². The molecule has 23 heavy (non-hydrogen) atoms. The van der Waals surface area contributed by atoms with Crippen LogP contribution in [-0.4, -0.2) is 24.3 Å². The number of aliphatic hydroxyl groups is 1. The van der Waals surface area contributed by atoms with Gasteiger partial charge < -0.3 is 20.5 Å². The number of ether oxygens (including phenoxy) is 1. The Balaban J connectivity index is 1.92. The van der Waals surface area contributed by atoms with E-state index >= 15 is 0 Å². The van der Waals surface area contributed by atoms with Crippen LogP contribution in [0.5, 0.6) is 5.75 Å². The van der Waals surface area contributed by atoms with E-state index < -0.39 is 5.60 Å². The van der Waals surface area contributed by atoms with E-state index in [1.165, 1.54) is 11.3 Å². The third kappa shape index (κ3) is 4.71. The number of thiophene rings is 1. The highest BCUT2D eigenvalue weighted by Crippen LogP contribution is 2.23. The molecule has 6 heteroatoms. The van der Waals surface area contributed by atoms with Gasteiger partial charge in [0.05, 0.1) is 13.2 Å². The van der Waals surface area contributed by atoms with Gasteiger partial charge in [0.2, 0.25) is 0 Å². The molecule has 0 aliphatic heterocycles. The van der Waals surface area contributed by atoms with Gasteiger partial charge in [-0.2, -0.15) is 11.3 Å². The van der Waals surface area contributed by atoms with Crippen LogP contribution in [0.3, 0.4) is 0 Å². The summed E-state index contributed by atoms with van der Waals surface area (Å²) in [6.45, 7) is 6.24. The fourth-order valence-corrected chi connectivity index (χ4v) is 2.91. The van der Waals surface area contributed by atoms with Crippen molar-refractivity contribution >= 4 is 23.1 Å². The molecule has 0 saturated heterocycles. The molecule has 0 aliphatic rings. The van der Waals surface area contributed by atoms with Crippen LogP contribution in [0.15, 0.2) is 35.0 Å². The minimum atomic E-state index is -1.09. The molecule has 0 bridgehead atoms. The molecule has 0 saturated carbocycles. The van der Waals surface area contributed by atoms with Crippen molar-refractivity contribution in [1.82, 2.24) is 5.32 Å². The minimum Gasteiger partial charge on any atom is -0.494 e. The number of aryl methyl sites for hydroxylation is 1. The van der Waals surface area contributed by atoms with Gasteiger partial charge in [-0.15, -0.1) is 0 Å². The predicted molar refractivity (Wildman–Crippen MR) is 93.3 cm³/mol. The molecule has 2 amide bonds. The van der Waals surface area contributed by atoms with Crippen molar-refractivity contribution in [3.8, 4) is 5.75 Å². The molecule has 1 heterocycles.